The van der Waals surface area contributed by atoms with Gasteiger partial charge in [0.15, 0.2) is 0 Å². The van der Waals surface area contributed by atoms with Crippen LogP contribution in [0.25, 0.3) is 0 Å². The number of benzene rings is 2. The maximum Gasteiger partial charge on any atom is 0.223 e. The molecule has 2 aromatic carbocycles. The van der Waals surface area contributed by atoms with E-state index in [0.29, 0.717) is 36.5 Å². The van der Waals surface area contributed by atoms with Crippen molar-refractivity contribution in [1.29, 1.82) is 0 Å². The Morgan fingerprint density at radius 1 is 1.04 bits per heavy atom. The van der Waals surface area contributed by atoms with E-state index in [-0.39, 0.29) is 5.82 Å². The molecule has 1 fully saturated rings. The van der Waals surface area contributed by atoms with E-state index in [0.717, 1.165) is 32.2 Å². The van der Waals surface area contributed by atoms with E-state index in [9.17, 15) is 9.18 Å². The Hall–Kier alpha value is -2.20. The van der Waals surface area contributed by atoms with Crippen molar-refractivity contribution in [2.45, 2.75) is 50.7 Å². The highest BCUT2D eigenvalue weighted by Gasteiger charge is 2.38. The molecule has 1 heterocycles. The number of hydrogen-bond donors (Lipinski definition) is 1. The highest BCUT2D eigenvalue weighted by atomic mass is 19.1. The lowest BCUT2D eigenvalue weighted by molar-refractivity contribution is -0.131. The van der Waals surface area contributed by atoms with Crippen LogP contribution in [0.3, 0.4) is 0 Å². The molecule has 136 valence electrons. The Labute approximate surface area is 154 Å². The first-order valence-corrected chi connectivity index (χ1v) is 9.54. The molecular weight excluding hydrogens is 327 g/mol. The van der Waals surface area contributed by atoms with Crippen molar-refractivity contribution in [3.63, 3.8) is 0 Å². The molecule has 2 aliphatic rings. The molecule has 3 nitrogen and oxygen atoms in total. The average molecular weight is 352 g/mol. The summed E-state index contributed by atoms with van der Waals surface area (Å²) < 4.78 is 13.7. The van der Waals surface area contributed by atoms with Gasteiger partial charge in [-0.15, -0.1) is 0 Å². The summed E-state index contributed by atoms with van der Waals surface area (Å²) in [7, 11) is 0. The number of nitrogens with one attached hydrogen (secondary N) is 1. The fourth-order valence-corrected chi connectivity index (χ4v) is 4.41. The number of likely N-dealkylation sites (tertiary alicyclic amines) is 1. The lowest BCUT2D eigenvalue weighted by atomic mass is 10.1. The number of rotatable bonds is 6. The third-order valence-electron chi connectivity index (χ3n) is 5.72. The van der Waals surface area contributed by atoms with Gasteiger partial charge in [0.2, 0.25) is 5.91 Å². The van der Waals surface area contributed by atoms with Crippen LogP contribution in [0.2, 0.25) is 0 Å². The lowest BCUT2D eigenvalue weighted by Crippen LogP contribution is -2.43. The van der Waals surface area contributed by atoms with Gasteiger partial charge < -0.3 is 10.2 Å². The van der Waals surface area contributed by atoms with Gasteiger partial charge in [-0.25, -0.2) is 4.39 Å². The maximum absolute atomic E-state index is 13.7. The molecule has 1 atom stereocenters. The van der Waals surface area contributed by atoms with Crippen molar-refractivity contribution < 1.29 is 9.18 Å². The first kappa shape index (κ1) is 17.2. The summed E-state index contributed by atoms with van der Waals surface area (Å²) in [5, 5.41) is 3.33. The van der Waals surface area contributed by atoms with Gasteiger partial charge in [-0.3, -0.25) is 4.79 Å². The van der Waals surface area contributed by atoms with Crippen LogP contribution in [0.15, 0.2) is 48.5 Å². The van der Waals surface area contributed by atoms with Gasteiger partial charge in [0, 0.05) is 30.6 Å². The SMILES string of the molecule is O=C1CCC(CCNCc2ccccc2F)N1C1Cc2ccccc2C1. The molecule has 1 saturated heterocycles. The molecule has 0 bridgehead atoms. The van der Waals surface area contributed by atoms with Gasteiger partial charge in [-0.2, -0.15) is 0 Å². The minimum atomic E-state index is -0.165. The van der Waals surface area contributed by atoms with Crippen LogP contribution >= 0.6 is 0 Å². The Morgan fingerprint density at radius 2 is 1.73 bits per heavy atom. The van der Waals surface area contributed by atoms with Gasteiger partial charge in [0.1, 0.15) is 5.82 Å². The molecule has 1 N–H and O–H groups in total. The normalized spacial score (nSPS) is 20.0. The van der Waals surface area contributed by atoms with Gasteiger partial charge >= 0.3 is 0 Å². The van der Waals surface area contributed by atoms with Crippen molar-refractivity contribution in [3.8, 4) is 0 Å². The Morgan fingerprint density at radius 3 is 2.46 bits per heavy atom. The third kappa shape index (κ3) is 3.51. The number of fused-ring (bicyclic) bond motifs is 1. The molecule has 1 aliphatic carbocycles. The second-order valence-corrected chi connectivity index (χ2v) is 7.38. The summed E-state index contributed by atoms with van der Waals surface area (Å²) >= 11 is 0. The Bertz CT molecular complexity index is 766. The van der Waals surface area contributed by atoms with Crippen LogP contribution in [0, 0.1) is 5.82 Å². The molecule has 4 heteroatoms. The summed E-state index contributed by atoms with van der Waals surface area (Å²) in [6.07, 6.45) is 4.47. The minimum Gasteiger partial charge on any atom is -0.336 e. The van der Waals surface area contributed by atoms with Crippen LogP contribution < -0.4 is 5.32 Å². The zero-order valence-electron chi connectivity index (χ0n) is 15.0. The Kier molecular flexibility index (Phi) is 5.02. The molecule has 1 unspecified atom stereocenters. The summed E-state index contributed by atoms with van der Waals surface area (Å²) in [4.78, 5) is 14.6. The van der Waals surface area contributed by atoms with Crippen molar-refractivity contribution in [3.05, 3.63) is 71.0 Å². The number of amides is 1. The van der Waals surface area contributed by atoms with Crippen LogP contribution in [0.4, 0.5) is 4.39 Å². The fraction of sp³-hybridized carbons (Fsp3) is 0.409. The predicted octanol–water partition coefficient (Wildman–Crippen LogP) is 3.46. The zero-order chi connectivity index (χ0) is 17.9. The molecule has 26 heavy (non-hydrogen) atoms. The molecular formula is C22H25FN2O. The van der Waals surface area contributed by atoms with Crippen LogP contribution in [-0.2, 0) is 24.2 Å². The quantitative estimate of drug-likeness (QED) is 0.808. The van der Waals surface area contributed by atoms with Crippen LogP contribution in [0.1, 0.15) is 36.0 Å². The van der Waals surface area contributed by atoms with E-state index in [1.807, 2.05) is 12.1 Å². The van der Waals surface area contributed by atoms with E-state index in [1.54, 1.807) is 6.07 Å². The second-order valence-electron chi connectivity index (χ2n) is 7.38. The number of halogens is 1. The standard InChI is InChI=1S/C22H25FN2O/c23-21-8-4-3-7-18(21)15-24-12-11-19-9-10-22(26)25(19)20-13-16-5-1-2-6-17(16)14-20/h1-8,19-20,24H,9-15H2. The van der Waals surface area contributed by atoms with Gasteiger partial charge in [-0.05, 0) is 49.4 Å². The van der Waals surface area contributed by atoms with E-state index >= 15 is 0 Å². The molecule has 4 rings (SSSR count). The summed E-state index contributed by atoms with van der Waals surface area (Å²) in [5.41, 5.74) is 3.46. The highest BCUT2D eigenvalue weighted by Crippen LogP contribution is 2.32. The number of nitrogens with zero attached hydrogens (tertiary/aromatic N) is 1. The van der Waals surface area contributed by atoms with Crippen molar-refractivity contribution in [2.75, 3.05) is 6.54 Å². The zero-order valence-corrected chi connectivity index (χ0v) is 15.0. The summed E-state index contributed by atoms with van der Waals surface area (Å²) in [6, 6.07) is 16.0. The first-order valence-electron chi connectivity index (χ1n) is 9.54. The van der Waals surface area contributed by atoms with E-state index in [2.05, 4.69) is 34.5 Å². The van der Waals surface area contributed by atoms with Crippen molar-refractivity contribution in [1.82, 2.24) is 10.2 Å². The monoisotopic (exact) mass is 352 g/mol. The molecule has 0 radical (unpaired) electrons. The number of hydrogen-bond acceptors (Lipinski definition) is 2. The first-order chi connectivity index (χ1) is 12.7. The number of carbonyl (C=O) groups is 1. The molecule has 0 spiro atoms. The van der Waals surface area contributed by atoms with Crippen LogP contribution in [-0.4, -0.2) is 29.4 Å². The fourth-order valence-electron chi connectivity index (χ4n) is 4.41. The molecule has 0 aromatic heterocycles. The largest absolute Gasteiger partial charge is 0.336 e. The van der Waals surface area contributed by atoms with E-state index < -0.39 is 0 Å². The topological polar surface area (TPSA) is 32.3 Å². The molecule has 1 amide bonds. The van der Waals surface area contributed by atoms with Gasteiger partial charge in [0.05, 0.1) is 0 Å². The second kappa shape index (κ2) is 7.58. The van der Waals surface area contributed by atoms with Gasteiger partial charge in [0.25, 0.3) is 0 Å². The van der Waals surface area contributed by atoms with Crippen LogP contribution in [0.5, 0.6) is 0 Å². The lowest BCUT2D eigenvalue weighted by Gasteiger charge is -2.31. The maximum atomic E-state index is 13.7. The minimum absolute atomic E-state index is 0.165. The Balaban J connectivity index is 1.32. The number of carbonyl (C=O) groups excluding carboxylic acids is 1. The van der Waals surface area contributed by atoms with E-state index in [4.69, 9.17) is 0 Å². The summed E-state index contributed by atoms with van der Waals surface area (Å²) in [5.74, 6) is 0.128. The highest BCUT2D eigenvalue weighted by molar-refractivity contribution is 5.79. The van der Waals surface area contributed by atoms with Crippen molar-refractivity contribution in [2.24, 2.45) is 0 Å². The molecule has 1 aliphatic heterocycles. The van der Waals surface area contributed by atoms with Crippen molar-refractivity contribution >= 4 is 5.91 Å². The molecule has 2 aromatic rings. The predicted molar refractivity (Wildman–Crippen MR) is 100 cm³/mol. The van der Waals surface area contributed by atoms with E-state index in [1.165, 1.54) is 17.2 Å². The third-order valence-corrected chi connectivity index (χ3v) is 5.72. The molecule has 0 saturated carbocycles. The smallest absolute Gasteiger partial charge is 0.223 e. The average Bonchev–Trinajstić information content (AvgIpc) is 3.23. The summed E-state index contributed by atoms with van der Waals surface area (Å²) in [6.45, 7) is 1.32. The van der Waals surface area contributed by atoms with Gasteiger partial charge in [-0.1, -0.05) is 42.5 Å².